The van der Waals surface area contributed by atoms with Gasteiger partial charge in [-0.1, -0.05) is 54.6 Å². The molecule has 0 saturated carbocycles. The van der Waals surface area contributed by atoms with Gasteiger partial charge in [0, 0.05) is 17.3 Å². The molecule has 4 heteroatoms. The summed E-state index contributed by atoms with van der Waals surface area (Å²) in [5.74, 6) is 2.02. The van der Waals surface area contributed by atoms with Gasteiger partial charge in [-0.2, -0.15) is 0 Å². The summed E-state index contributed by atoms with van der Waals surface area (Å²) in [6, 6.07) is 27.9. The van der Waals surface area contributed by atoms with Gasteiger partial charge in [-0.15, -0.1) is 11.6 Å². The molecule has 28 heavy (non-hydrogen) atoms. The van der Waals surface area contributed by atoms with Gasteiger partial charge in [-0.25, -0.2) is 4.98 Å². The number of benzene rings is 3. The summed E-state index contributed by atoms with van der Waals surface area (Å²) in [5, 5.41) is 1.12. The third kappa shape index (κ3) is 4.62. The Bertz CT molecular complexity index is 1080. The summed E-state index contributed by atoms with van der Waals surface area (Å²) >= 11 is 5.89. The highest BCUT2D eigenvalue weighted by molar-refractivity contribution is 6.17. The summed E-state index contributed by atoms with van der Waals surface area (Å²) in [5.41, 5.74) is 4.04. The highest BCUT2D eigenvalue weighted by Gasteiger charge is 2.03. The molecule has 0 fully saturated rings. The molecular formula is C24H20ClNO2. The van der Waals surface area contributed by atoms with Crippen molar-refractivity contribution in [1.82, 2.24) is 4.98 Å². The second kappa shape index (κ2) is 8.77. The molecule has 0 radical (unpaired) electrons. The highest BCUT2D eigenvalue weighted by Crippen LogP contribution is 2.22. The van der Waals surface area contributed by atoms with Crippen LogP contribution in [0.15, 0.2) is 84.9 Å². The molecule has 4 rings (SSSR count). The summed E-state index contributed by atoms with van der Waals surface area (Å²) < 4.78 is 11.8. The Morgan fingerprint density at radius 2 is 1.43 bits per heavy atom. The molecule has 3 aromatic carbocycles. The fraction of sp³-hybridized carbons (Fsp3) is 0.125. The van der Waals surface area contributed by atoms with Gasteiger partial charge in [0.2, 0.25) is 0 Å². The Labute approximate surface area is 169 Å². The van der Waals surface area contributed by atoms with Crippen molar-refractivity contribution in [2.24, 2.45) is 0 Å². The summed E-state index contributed by atoms with van der Waals surface area (Å²) in [6.07, 6.45) is 0. The van der Waals surface area contributed by atoms with Crippen molar-refractivity contribution in [2.45, 2.75) is 19.1 Å². The number of para-hydroxylation sites is 1. The molecule has 0 bridgehead atoms. The zero-order valence-electron chi connectivity index (χ0n) is 15.3. The van der Waals surface area contributed by atoms with Crippen molar-refractivity contribution in [3.63, 3.8) is 0 Å². The van der Waals surface area contributed by atoms with Crippen molar-refractivity contribution in [1.29, 1.82) is 0 Å². The average molecular weight is 390 g/mol. The average Bonchev–Trinajstić information content (AvgIpc) is 2.76. The quantitative estimate of drug-likeness (QED) is 0.356. The molecule has 0 aliphatic heterocycles. The fourth-order valence-corrected chi connectivity index (χ4v) is 3.14. The van der Waals surface area contributed by atoms with E-state index in [9.17, 15) is 0 Å². The van der Waals surface area contributed by atoms with E-state index in [2.05, 4.69) is 23.2 Å². The van der Waals surface area contributed by atoms with Gasteiger partial charge in [0.25, 0.3) is 0 Å². The van der Waals surface area contributed by atoms with E-state index in [0.717, 1.165) is 39.2 Å². The first-order valence-electron chi connectivity index (χ1n) is 9.14. The number of fused-ring (bicyclic) bond motifs is 1. The lowest BCUT2D eigenvalue weighted by Gasteiger charge is -2.10. The van der Waals surface area contributed by atoms with Gasteiger partial charge in [0.15, 0.2) is 0 Å². The maximum Gasteiger partial charge on any atom is 0.130 e. The lowest BCUT2D eigenvalue weighted by atomic mass is 10.1. The summed E-state index contributed by atoms with van der Waals surface area (Å²) in [4.78, 5) is 4.64. The Balaban J connectivity index is 1.38. The first-order valence-corrected chi connectivity index (χ1v) is 9.68. The first-order chi connectivity index (χ1) is 13.8. The van der Waals surface area contributed by atoms with Gasteiger partial charge in [-0.3, -0.25) is 0 Å². The minimum Gasteiger partial charge on any atom is -0.489 e. The highest BCUT2D eigenvalue weighted by atomic mass is 35.5. The van der Waals surface area contributed by atoms with E-state index >= 15 is 0 Å². The number of ether oxygens (including phenoxy) is 2. The van der Waals surface area contributed by atoms with Crippen LogP contribution in [0.1, 0.15) is 16.8 Å². The van der Waals surface area contributed by atoms with Crippen LogP contribution < -0.4 is 9.47 Å². The van der Waals surface area contributed by atoms with Crippen molar-refractivity contribution in [2.75, 3.05) is 0 Å². The summed E-state index contributed by atoms with van der Waals surface area (Å²) in [6.45, 7) is 0.895. The van der Waals surface area contributed by atoms with Gasteiger partial charge in [0.1, 0.15) is 24.7 Å². The largest absolute Gasteiger partial charge is 0.489 e. The third-order valence-corrected chi connectivity index (χ3v) is 4.71. The molecule has 4 aromatic rings. The van der Waals surface area contributed by atoms with Gasteiger partial charge in [-0.05, 0) is 35.4 Å². The van der Waals surface area contributed by atoms with E-state index in [1.807, 2.05) is 66.7 Å². The minimum absolute atomic E-state index is 0.409. The smallest absolute Gasteiger partial charge is 0.130 e. The molecule has 0 atom stereocenters. The third-order valence-electron chi connectivity index (χ3n) is 4.40. The number of aromatic nitrogens is 1. The van der Waals surface area contributed by atoms with E-state index in [1.165, 1.54) is 0 Å². The number of hydrogen-bond acceptors (Lipinski definition) is 3. The number of alkyl halides is 1. The molecule has 0 amide bonds. The van der Waals surface area contributed by atoms with E-state index in [4.69, 9.17) is 21.1 Å². The Morgan fingerprint density at radius 1 is 0.679 bits per heavy atom. The molecule has 0 unspecified atom stereocenters. The minimum atomic E-state index is 0.409. The zero-order chi connectivity index (χ0) is 19.2. The van der Waals surface area contributed by atoms with Gasteiger partial charge < -0.3 is 9.47 Å². The Kier molecular flexibility index (Phi) is 5.74. The molecule has 0 aliphatic carbocycles. The number of nitrogens with zero attached hydrogens (tertiary/aromatic N) is 1. The fourth-order valence-electron chi connectivity index (χ4n) is 2.97. The van der Waals surface area contributed by atoms with Gasteiger partial charge >= 0.3 is 0 Å². The Hall–Kier alpha value is -3.04. The monoisotopic (exact) mass is 389 g/mol. The van der Waals surface area contributed by atoms with E-state index in [0.29, 0.717) is 19.1 Å². The SMILES string of the molecule is ClCc1cccc(COc2cccc(OCc3ccc4ccccc4n3)c2)c1. The number of halogens is 1. The normalized spacial score (nSPS) is 10.8. The molecule has 0 spiro atoms. The number of hydrogen-bond donors (Lipinski definition) is 0. The van der Waals surface area contributed by atoms with Crippen molar-refractivity contribution >= 4 is 22.5 Å². The van der Waals surface area contributed by atoms with Crippen LogP contribution in [-0.2, 0) is 19.1 Å². The van der Waals surface area contributed by atoms with Crippen molar-refractivity contribution in [3.05, 3.63) is 102 Å². The topological polar surface area (TPSA) is 31.4 Å². The number of rotatable bonds is 7. The van der Waals surface area contributed by atoms with Crippen LogP contribution in [-0.4, -0.2) is 4.98 Å². The Morgan fingerprint density at radius 3 is 2.29 bits per heavy atom. The molecule has 0 aliphatic rings. The predicted octanol–water partition coefficient (Wildman–Crippen LogP) is 6.13. The molecule has 1 aromatic heterocycles. The van der Waals surface area contributed by atoms with Crippen molar-refractivity contribution in [3.8, 4) is 11.5 Å². The maximum absolute atomic E-state index is 5.91. The van der Waals surface area contributed by atoms with E-state index in [1.54, 1.807) is 0 Å². The molecule has 3 nitrogen and oxygen atoms in total. The van der Waals surface area contributed by atoms with Crippen molar-refractivity contribution < 1.29 is 9.47 Å². The second-order valence-electron chi connectivity index (χ2n) is 6.50. The van der Waals surface area contributed by atoms with Crippen LogP contribution in [0.2, 0.25) is 0 Å². The van der Waals surface area contributed by atoms with E-state index < -0.39 is 0 Å². The molecule has 0 saturated heterocycles. The van der Waals surface area contributed by atoms with Gasteiger partial charge in [0.05, 0.1) is 11.2 Å². The second-order valence-corrected chi connectivity index (χ2v) is 6.77. The molecule has 140 valence electrons. The molecule has 1 heterocycles. The standard InChI is InChI=1S/C24H20ClNO2/c25-15-18-5-3-6-19(13-18)16-27-22-8-4-9-23(14-22)28-17-21-12-11-20-7-1-2-10-24(20)26-21/h1-14H,15-17H2. The maximum atomic E-state index is 5.91. The predicted molar refractivity (Wildman–Crippen MR) is 113 cm³/mol. The lowest BCUT2D eigenvalue weighted by molar-refractivity contribution is 0.287. The van der Waals surface area contributed by atoms with E-state index in [-0.39, 0.29) is 0 Å². The van der Waals surface area contributed by atoms with Crippen LogP contribution >= 0.6 is 11.6 Å². The zero-order valence-corrected chi connectivity index (χ0v) is 16.1. The van der Waals surface area contributed by atoms with Crippen LogP contribution in [0.25, 0.3) is 10.9 Å². The van der Waals surface area contributed by atoms with Crippen LogP contribution in [0, 0.1) is 0 Å². The summed E-state index contributed by atoms with van der Waals surface area (Å²) in [7, 11) is 0. The molecule has 0 N–H and O–H groups in total. The first kappa shape index (κ1) is 18.3. The number of pyridine rings is 1. The van der Waals surface area contributed by atoms with Crippen LogP contribution in [0.3, 0.4) is 0 Å². The lowest BCUT2D eigenvalue weighted by Crippen LogP contribution is -1.99. The van der Waals surface area contributed by atoms with Crippen LogP contribution in [0.4, 0.5) is 0 Å². The van der Waals surface area contributed by atoms with Crippen LogP contribution in [0.5, 0.6) is 11.5 Å². The molecular weight excluding hydrogens is 370 g/mol.